The Morgan fingerprint density at radius 1 is 1.28 bits per heavy atom. The lowest BCUT2D eigenvalue weighted by molar-refractivity contribution is -0.140. The molecular formula is C21H25N5O3. The minimum Gasteiger partial charge on any atom is -0.351 e. The van der Waals surface area contributed by atoms with Crippen molar-refractivity contribution in [2.75, 3.05) is 0 Å². The van der Waals surface area contributed by atoms with Gasteiger partial charge in [0.15, 0.2) is 11.4 Å². The highest BCUT2D eigenvalue weighted by atomic mass is 16.2. The van der Waals surface area contributed by atoms with E-state index in [1.807, 2.05) is 0 Å². The van der Waals surface area contributed by atoms with E-state index in [1.165, 1.54) is 11.6 Å². The number of carbonyl (C=O) groups excluding carboxylic acids is 3. The summed E-state index contributed by atoms with van der Waals surface area (Å²) in [5, 5.41) is 8.10. The summed E-state index contributed by atoms with van der Waals surface area (Å²) in [6.45, 7) is 5.70. The first-order chi connectivity index (χ1) is 13.8. The van der Waals surface area contributed by atoms with Crippen molar-refractivity contribution < 1.29 is 14.4 Å². The van der Waals surface area contributed by atoms with Crippen molar-refractivity contribution >= 4 is 28.6 Å². The lowest BCUT2D eigenvalue weighted by atomic mass is 10.1. The van der Waals surface area contributed by atoms with E-state index in [0.29, 0.717) is 22.6 Å². The van der Waals surface area contributed by atoms with Gasteiger partial charge in [0, 0.05) is 25.2 Å². The lowest BCUT2D eigenvalue weighted by Gasteiger charge is -2.27. The molecule has 1 unspecified atom stereocenters. The van der Waals surface area contributed by atoms with Crippen LogP contribution in [0.15, 0.2) is 18.3 Å². The monoisotopic (exact) mass is 395 g/mol. The fourth-order valence-corrected chi connectivity index (χ4v) is 4.62. The Morgan fingerprint density at radius 2 is 2.03 bits per heavy atom. The third-order valence-electron chi connectivity index (χ3n) is 6.65. The van der Waals surface area contributed by atoms with E-state index in [2.05, 4.69) is 29.2 Å². The summed E-state index contributed by atoms with van der Waals surface area (Å²) in [5.74, 6) is 0.0634. The van der Waals surface area contributed by atoms with Gasteiger partial charge >= 0.3 is 0 Å². The highest BCUT2D eigenvalue weighted by Gasteiger charge is 2.57. The molecule has 0 spiro atoms. The number of piperidine rings is 1. The maximum absolute atomic E-state index is 13.2. The molecule has 3 aliphatic rings. The molecule has 3 heterocycles. The Bertz CT molecular complexity index is 1040. The summed E-state index contributed by atoms with van der Waals surface area (Å²) in [6.07, 6.45) is 4.29. The van der Waals surface area contributed by atoms with Gasteiger partial charge in [-0.1, -0.05) is 13.8 Å². The normalized spacial score (nSPS) is 28.9. The number of Topliss-reactive ketones (excluding diaryl/α,β-unsaturated/α-hetero) is 1. The largest absolute Gasteiger partial charge is 0.351 e. The molecule has 2 aromatic rings. The highest BCUT2D eigenvalue weighted by Crippen LogP contribution is 2.49. The van der Waals surface area contributed by atoms with Crippen molar-refractivity contribution in [3.05, 3.63) is 24.0 Å². The number of carbonyl (C=O) groups is 3. The van der Waals surface area contributed by atoms with Gasteiger partial charge in [0.1, 0.15) is 18.3 Å². The van der Waals surface area contributed by atoms with Crippen LogP contribution in [-0.4, -0.2) is 55.4 Å². The zero-order chi connectivity index (χ0) is 20.5. The molecule has 2 aliphatic carbocycles. The fourth-order valence-electron chi connectivity index (χ4n) is 4.62. The molecule has 3 fully saturated rings. The van der Waals surface area contributed by atoms with E-state index in [0.717, 1.165) is 19.3 Å². The van der Waals surface area contributed by atoms with E-state index in [1.54, 1.807) is 23.2 Å². The molecule has 0 bridgehead atoms. The molecule has 0 radical (unpaired) electrons. The molecule has 4 atom stereocenters. The number of fused-ring (bicyclic) bond motifs is 2. The van der Waals surface area contributed by atoms with E-state index >= 15 is 0 Å². The molecule has 0 aromatic carbocycles. The molecule has 1 N–H and O–H groups in total. The van der Waals surface area contributed by atoms with Gasteiger partial charge in [0.25, 0.3) is 0 Å². The molecule has 152 valence electrons. The second-order valence-corrected chi connectivity index (χ2v) is 9.31. The molecule has 2 amide bonds. The number of ketones is 1. The lowest BCUT2D eigenvalue weighted by Crippen LogP contribution is -2.49. The predicted molar refractivity (Wildman–Crippen MR) is 105 cm³/mol. The van der Waals surface area contributed by atoms with Gasteiger partial charge in [-0.15, -0.1) is 0 Å². The van der Waals surface area contributed by atoms with Crippen LogP contribution in [0, 0.1) is 11.3 Å². The van der Waals surface area contributed by atoms with Crippen LogP contribution < -0.4 is 5.32 Å². The van der Waals surface area contributed by atoms with Crippen molar-refractivity contribution in [3.8, 4) is 0 Å². The van der Waals surface area contributed by atoms with Crippen molar-refractivity contribution in [3.63, 3.8) is 0 Å². The van der Waals surface area contributed by atoms with Gasteiger partial charge in [-0.25, -0.2) is 9.67 Å². The number of rotatable bonds is 5. The van der Waals surface area contributed by atoms with Crippen molar-refractivity contribution in [1.29, 1.82) is 0 Å². The van der Waals surface area contributed by atoms with E-state index < -0.39 is 6.04 Å². The Balaban J connectivity index is 1.37. The Labute approximate surface area is 168 Å². The second kappa shape index (κ2) is 6.11. The molecule has 29 heavy (non-hydrogen) atoms. The zero-order valence-corrected chi connectivity index (χ0v) is 16.9. The quantitative estimate of drug-likeness (QED) is 0.775. The van der Waals surface area contributed by atoms with Crippen molar-refractivity contribution in [2.24, 2.45) is 11.3 Å². The Hall–Kier alpha value is -2.77. The Kier molecular flexibility index (Phi) is 3.85. The van der Waals surface area contributed by atoms with E-state index in [-0.39, 0.29) is 41.6 Å². The first kappa shape index (κ1) is 18.3. The maximum atomic E-state index is 13.2. The smallest absolute Gasteiger partial charge is 0.245 e. The molecule has 2 aromatic heterocycles. The van der Waals surface area contributed by atoms with Crippen LogP contribution in [0.25, 0.3) is 11.0 Å². The standard InChI is InChI=1S/C21H25N5O3/c1-11(27)18-13-5-4-6-22-19(13)25(24-18)10-17(28)26-14-7-12(14)8-15(26)20(29)23-16-9-21(16,2)3/h4-6,12,14-16H,7-10H2,1-3H3,(H,23,29)/t12-,14-,15+,16?/m1/s1. The number of hydrogen-bond acceptors (Lipinski definition) is 5. The second-order valence-electron chi connectivity index (χ2n) is 9.31. The molecule has 8 nitrogen and oxygen atoms in total. The zero-order valence-electron chi connectivity index (χ0n) is 16.9. The molecule has 1 aliphatic heterocycles. The highest BCUT2D eigenvalue weighted by molar-refractivity contribution is 6.04. The van der Waals surface area contributed by atoms with Gasteiger partial charge in [0.05, 0.1) is 5.39 Å². The summed E-state index contributed by atoms with van der Waals surface area (Å²) < 4.78 is 1.49. The van der Waals surface area contributed by atoms with Crippen LogP contribution in [0.3, 0.4) is 0 Å². The predicted octanol–water partition coefficient (Wildman–Crippen LogP) is 1.54. The number of nitrogens with one attached hydrogen (secondary N) is 1. The summed E-state index contributed by atoms with van der Waals surface area (Å²) in [5.41, 5.74) is 0.976. The number of likely N-dealkylation sites (tertiary alicyclic amines) is 1. The number of pyridine rings is 1. The number of nitrogens with zero attached hydrogens (tertiary/aromatic N) is 4. The minimum atomic E-state index is -0.412. The molecule has 5 rings (SSSR count). The average molecular weight is 395 g/mol. The van der Waals surface area contributed by atoms with Crippen LogP contribution in [0.1, 0.15) is 50.5 Å². The number of aromatic nitrogens is 3. The van der Waals surface area contributed by atoms with Gasteiger partial charge in [0.2, 0.25) is 11.8 Å². The fraction of sp³-hybridized carbons (Fsp3) is 0.571. The third kappa shape index (κ3) is 3.01. The summed E-state index contributed by atoms with van der Waals surface area (Å²) in [6, 6.07) is 3.46. The first-order valence-corrected chi connectivity index (χ1v) is 10.2. The van der Waals surface area contributed by atoms with Crippen LogP contribution in [0.4, 0.5) is 0 Å². The average Bonchev–Trinajstić information content (AvgIpc) is 3.44. The first-order valence-electron chi connectivity index (χ1n) is 10.2. The Morgan fingerprint density at radius 3 is 2.72 bits per heavy atom. The van der Waals surface area contributed by atoms with Crippen LogP contribution in [-0.2, 0) is 16.1 Å². The van der Waals surface area contributed by atoms with Gasteiger partial charge < -0.3 is 10.2 Å². The van der Waals surface area contributed by atoms with E-state index in [4.69, 9.17) is 0 Å². The maximum Gasteiger partial charge on any atom is 0.245 e. The molecule has 1 saturated heterocycles. The summed E-state index contributed by atoms with van der Waals surface area (Å²) >= 11 is 0. The van der Waals surface area contributed by atoms with E-state index in [9.17, 15) is 14.4 Å². The van der Waals surface area contributed by atoms with Crippen LogP contribution >= 0.6 is 0 Å². The molecule has 2 saturated carbocycles. The topological polar surface area (TPSA) is 97.2 Å². The van der Waals surface area contributed by atoms with Gasteiger partial charge in [-0.2, -0.15) is 5.10 Å². The molecule has 8 heteroatoms. The number of amides is 2. The van der Waals surface area contributed by atoms with Crippen molar-refractivity contribution in [2.45, 2.75) is 64.7 Å². The van der Waals surface area contributed by atoms with Gasteiger partial charge in [-0.3, -0.25) is 14.4 Å². The third-order valence-corrected chi connectivity index (χ3v) is 6.65. The summed E-state index contributed by atoms with van der Waals surface area (Å²) in [7, 11) is 0. The molecular weight excluding hydrogens is 370 g/mol. The van der Waals surface area contributed by atoms with Gasteiger partial charge in [-0.05, 0) is 42.7 Å². The minimum absolute atomic E-state index is 0.0251. The SMILES string of the molecule is CC(=O)c1nn(CC(=O)N2[C@@H]3C[C@@H]3C[C@H]2C(=O)NC2CC2(C)C)c2ncccc12. The van der Waals surface area contributed by atoms with Crippen LogP contribution in [0.2, 0.25) is 0 Å². The van der Waals surface area contributed by atoms with Crippen molar-refractivity contribution in [1.82, 2.24) is 25.0 Å². The number of hydrogen-bond donors (Lipinski definition) is 1. The summed E-state index contributed by atoms with van der Waals surface area (Å²) in [4.78, 5) is 44.0. The van der Waals surface area contributed by atoms with Crippen LogP contribution in [0.5, 0.6) is 0 Å².